The maximum atomic E-state index is 13.7. The molecule has 2 aromatic carbocycles. The molecule has 1 aliphatic rings. The number of benzene rings is 2. The van der Waals surface area contributed by atoms with Crippen molar-refractivity contribution in [3.63, 3.8) is 0 Å². The topological polar surface area (TPSA) is 67.7 Å². The molecule has 180 valence electrons. The summed E-state index contributed by atoms with van der Waals surface area (Å²) in [4.78, 5) is 29.7. The first-order chi connectivity index (χ1) is 16.0. The average molecular weight is 485 g/mol. The molecular formula is C27H33N4NaO3. The SMILES string of the molecule is Cc1cc(C(=O)N2Cc3cnn(C)c3N(C)c3ccccc32)ccc1CCC(=O)OC(C)(C)C.[H-].[Na+]. The number of hydrogen-bond acceptors (Lipinski definition) is 5. The Morgan fingerprint density at radius 1 is 1.09 bits per heavy atom. The molecule has 0 spiro atoms. The molecule has 0 atom stereocenters. The number of rotatable bonds is 4. The fourth-order valence-corrected chi connectivity index (χ4v) is 4.44. The molecule has 0 saturated heterocycles. The van der Waals surface area contributed by atoms with E-state index in [-0.39, 0.29) is 42.9 Å². The molecule has 0 unspecified atom stereocenters. The summed E-state index contributed by atoms with van der Waals surface area (Å²) in [5.41, 5.74) is 4.93. The number of aromatic nitrogens is 2. The number of para-hydroxylation sites is 2. The van der Waals surface area contributed by atoms with Gasteiger partial charge in [-0.3, -0.25) is 14.3 Å². The number of fused-ring (bicyclic) bond motifs is 2. The number of ether oxygens (including phenoxy) is 1. The van der Waals surface area contributed by atoms with Crippen LogP contribution in [-0.4, -0.2) is 34.3 Å². The Hall–Kier alpha value is -2.61. The van der Waals surface area contributed by atoms with Gasteiger partial charge in [0.25, 0.3) is 5.91 Å². The molecule has 7 nitrogen and oxygen atoms in total. The Bertz CT molecular complexity index is 1250. The van der Waals surface area contributed by atoms with Crippen LogP contribution in [0.5, 0.6) is 0 Å². The van der Waals surface area contributed by atoms with E-state index >= 15 is 0 Å². The Morgan fingerprint density at radius 2 is 1.77 bits per heavy atom. The second-order valence-corrected chi connectivity index (χ2v) is 9.78. The minimum Gasteiger partial charge on any atom is -1.00 e. The summed E-state index contributed by atoms with van der Waals surface area (Å²) >= 11 is 0. The summed E-state index contributed by atoms with van der Waals surface area (Å²) in [6.45, 7) is 8.00. The minimum absolute atomic E-state index is 0. The van der Waals surface area contributed by atoms with Crippen LogP contribution < -0.4 is 39.4 Å². The molecule has 1 aliphatic heterocycles. The molecular weight excluding hydrogens is 451 g/mol. The number of amides is 1. The van der Waals surface area contributed by atoms with Gasteiger partial charge >= 0.3 is 35.5 Å². The number of aryl methyl sites for hydroxylation is 3. The number of nitrogens with zero attached hydrogens (tertiary/aromatic N) is 4. The van der Waals surface area contributed by atoms with Crippen LogP contribution >= 0.6 is 0 Å². The summed E-state index contributed by atoms with van der Waals surface area (Å²) < 4.78 is 7.25. The quantitative estimate of drug-likeness (QED) is 0.419. The second-order valence-electron chi connectivity index (χ2n) is 9.78. The summed E-state index contributed by atoms with van der Waals surface area (Å²) in [5, 5.41) is 4.41. The van der Waals surface area contributed by atoms with E-state index in [4.69, 9.17) is 4.74 Å². The smallest absolute Gasteiger partial charge is 1.00 e. The van der Waals surface area contributed by atoms with Crippen molar-refractivity contribution < 1.29 is 45.3 Å². The van der Waals surface area contributed by atoms with Gasteiger partial charge in [0.2, 0.25) is 0 Å². The third-order valence-electron chi connectivity index (χ3n) is 6.01. The number of esters is 1. The summed E-state index contributed by atoms with van der Waals surface area (Å²) in [7, 11) is 3.91. The number of hydrogen-bond donors (Lipinski definition) is 0. The molecule has 0 bridgehead atoms. The zero-order valence-corrected chi connectivity index (χ0v) is 23.8. The van der Waals surface area contributed by atoms with E-state index in [0.717, 1.165) is 33.9 Å². The van der Waals surface area contributed by atoms with Crippen LogP contribution in [0.1, 0.15) is 55.7 Å². The first-order valence-electron chi connectivity index (χ1n) is 11.5. The van der Waals surface area contributed by atoms with E-state index < -0.39 is 5.60 Å². The van der Waals surface area contributed by atoms with E-state index in [1.54, 1.807) is 0 Å². The molecule has 2 heterocycles. The standard InChI is InChI=1S/C27H32N4O3.Na.H/c1-18-15-20(12-11-19(18)13-14-24(32)34-27(2,3)4)26(33)31-17-21-16-28-30(6)25(21)29(5)22-9-7-8-10-23(22)31;;/h7-12,15-16H,13-14,17H2,1-6H3;;/q;+1;-1. The van der Waals surface area contributed by atoms with Crippen molar-refractivity contribution in [3.8, 4) is 0 Å². The first-order valence-corrected chi connectivity index (χ1v) is 11.5. The van der Waals surface area contributed by atoms with E-state index in [1.165, 1.54) is 0 Å². The van der Waals surface area contributed by atoms with Crippen molar-refractivity contribution in [1.29, 1.82) is 0 Å². The van der Waals surface area contributed by atoms with Crippen molar-refractivity contribution in [1.82, 2.24) is 9.78 Å². The largest absolute Gasteiger partial charge is 1.00 e. The van der Waals surface area contributed by atoms with Gasteiger partial charge in [0.15, 0.2) is 0 Å². The molecule has 1 aromatic heterocycles. The zero-order chi connectivity index (χ0) is 24.6. The maximum Gasteiger partial charge on any atom is 1.00 e. The van der Waals surface area contributed by atoms with Crippen molar-refractivity contribution in [3.05, 3.63) is 70.9 Å². The van der Waals surface area contributed by atoms with E-state index in [0.29, 0.717) is 24.9 Å². The average Bonchev–Trinajstić information content (AvgIpc) is 3.08. The molecule has 4 rings (SSSR count). The fourth-order valence-electron chi connectivity index (χ4n) is 4.44. The van der Waals surface area contributed by atoms with Crippen molar-refractivity contribution in [2.24, 2.45) is 7.05 Å². The Balaban J connectivity index is 0.00000228. The van der Waals surface area contributed by atoms with Gasteiger partial charge in [-0.2, -0.15) is 5.10 Å². The van der Waals surface area contributed by atoms with Crippen molar-refractivity contribution in [2.75, 3.05) is 16.8 Å². The summed E-state index contributed by atoms with van der Waals surface area (Å²) in [6, 6.07) is 13.6. The van der Waals surface area contributed by atoms with Crippen LogP contribution in [0.3, 0.4) is 0 Å². The van der Waals surface area contributed by atoms with Crippen LogP contribution in [0.4, 0.5) is 17.2 Å². The van der Waals surface area contributed by atoms with E-state index in [2.05, 4.69) is 10.00 Å². The minimum atomic E-state index is -0.492. The Kier molecular flexibility index (Phi) is 8.14. The predicted molar refractivity (Wildman–Crippen MR) is 135 cm³/mol. The second kappa shape index (κ2) is 10.6. The van der Waals surface area contributed by atoms with Crippen LogP contribution in [0, 0.1) is 6.92 Å². The Morgan fingerprint density at radius 3 is 2.43 bits per heavy atom. The molecule has 0 aliphatic carbocycles. The third-order valence-corrected chi connectivity index (χ3v) is 6.01. The van der Waals surface area contributed by atoms with Gasteiger partial charge in [-0.15, -0.1) is 0 Å². The normalized spacial score (nSPS) is 12.9. The molecule has 8 heteroatoms. The van der Waals surface area contributed by atoms with Crippen LogP contribution in [0.2, 0.25) is 0 Å². The number of anilines is 3. The molecule has 0 fully saturated rings. The number of carbonyl (C=O) groups excluding carboxylic acids is 2. The number of carbonyl (C=O) groups is 2. The fraction of sp³-hybridized carbons (Fsp3) is 0.370. The molecule has 0 N–H and O–H groups in total. The summed E-state index contributed by atoms with van der Waals surface area (Å²) in [6.07, 6.45) is 2.70. The molecule has 35 heavy (non-hydrogen) atoms. The van der Waals surface area contributed by atoms with E-state index in [9.17, 15) is 9.59 Å². The van der Waals surface area contributed by atoms with Gasteiger partial charge in [-0.1, -0.05) is 18.2 Å². The molecule has 3 aromatic rings. The van der Waals surface area contributed by atoms with Crippen LogP contribution in [0.25, 0.3) is 0 Å². The van der Waals surface area contributed by atoms with Gasteiger partial charge in [-0.25, -0.2) is 0 Å². The van der Waals surface area contributed by atoms with Gasteiger partial charge < -0.3 is 16.0 Å². The molecule has 1 amide bonds. The van der Waals surface area contributed by atoms with Crippen molar-refractivity contribution >= 4 is 29.1 Å². The third kappa shape index (κ3) is 5.80. The zero-order valence-electron chi connectivity index (χ0n) is 22.8. The monoisotopic (exact) mass is 484 g/mol. The van der Waals surface area contributed by atoms with Gasteiger partial charge in [0.1, 0.15) is 11.4 Å². The first kappa shape index (κ1) is 27.0. The molecule has 0 radical (unpaired) electrons. The van der Waals surface area contributed by atoms with Gasteiger partial charge in [-0.05, 0) is 69.5 Å². The van der Waals surface area contributed by atoms with Crippen LogP contribution in [0.15, 0.2) is 48.7 Å². The van der Waals surface area contributed by atoms with E-state index in [1.807, 2.05) is 100 Å². The predicted octanol–water partition coefficient (Wildman–Crippen LogP) is 2.05. The Labute approximate surface area is 230 Å². The van der Waals surface area contributed by atoms with Gasteiger partial charge in [0.05, 0.1) is 24.1 Å². The maximum absolute atomic E-state index is 13.7. The summed E-state index contributed by atoms with van der Waals surface area (Å²) in [5.74, 6) is 0.681. The van der Waals surface area contributed by atoms with Crippen LogP contribution in [-0.2, 0) is 29.5 Å². The van der Waals surface area contributed by atoms with Crippen molar-refractivity contribution in [2.45, 2.75) is 52.7 Å². The molecule has 0 saturated carbocycles. The van der Waals surface area contributed by atoms with Gasteiger partial charge in [0, 0.05) is 31.6 Å².